The summed E-state index contributed by atoms with van der Waals surface area (Å²) in [5.74, 6) is 2.40. The number of hydrogen-bond donors (Lipinski definition) is 1. The van der Waals surface area contributed by atoms with E-state index in [1.54, 1.807) is 26.4 Å². The van der Waals surface area contributed by atoms with Crippen molar-refractivity contribution in [1.29, 1.82) is 0 Å². The molecule has 1 aromatic carbocycles. The first kappa shape index (κ1) is 25.0. The largest absolute Gasteiger partial charge is 0.480 e. The minimum absolute atomic E-state index is 0.0301. The second-order valence-corrected chi connectivity index (χ2v) is 9.18. The zero-order valence-corrected chi connectivity index (χ0v) is 20.9. The highest BCUT2D eigenvalue weighted by Crippen LogP contribution is 2.48. The Hall–Kier alpha value is -2.60. The van der Waals surface area contributed by atoms with E-state index in [4.69, 9.17) is 16.3 Å². The summed E-state index contributed by atoms with van der Waals surface area (Å²) in [6.07, 6.45) is 12.5. The van der Waals surface area contributed by atoms with Crippen molar-refractivity contribution < 1.29 is 9.53 Å². The van der Waals surface area contributed by atoms with E-state index in [-0.39, 0.29) is 11.2 Å². The van der Waals surface area contributed by atoms with E-state index in [2.05, 4.69) is 45.3 Å². The van der Waals surface area contributed by atoms with Gasteiger partial charge in [0.15, 0.2) is 0 Å². The molecule has 3 rings (SSSR count). The third-order valence-corrected chi connectivity index (χ3v) is 6.79. The van der Waals surface area contributed by atoms with Crippen molar-refractivity contribution in [2.75, 3.05) is 23.9 Å². The first-order chi connectivity index (χ1) is 15.9. The molecule has 2 aromatic rings. The van der Waals surface area contributed by atoms with Crippen LogP contribution in [0.25, 0.3) is 0 Å². The number of ketones is 1. The van der Waals surface area contributed by atoms with Gasteiger partial charge in [-0.1, -0.05) is 37.8 Å². The van der Waals surface area contributed by atoms with Gasteiger partial charge in [0.2, 0.25) is 5.88 Å². The summed E-state index contributed by atoms with van der Waals surface area (Å²) in [5.41, 5.74) is 2.52. The van der Waals surface area contributed by atoms with Crippen molar-refractivity contribution in [3.05, 3.63) is 53.1 Å². The number of hydrogen-bond acceptors (Lipinski definition) is 6. The van der Waals surface area contributed by atoms with Crippen LogP contribution in [0, 0.1) is 0 Å². The molecule has 1 aromatic heterocycles. The summed E-state index contributed by atoms with van der Waals surface area (Å²) >= 11 is 6.45. The first-order valence-electron chi connectivity index (χ1n) is 11.8. The molecule has 2 heterocycles. The standard InChI is InChI=1S/C26H35ClN4O2/c1-5-24(30-23-16-29-25(33-4)17-28-23)31-18-26(6-2,14-10-8-7-9-11-19(3)32)21-15-20(27)12-13-22(21)31/h5,12-13,15-17H,6-11,14,18H2,1-4H3,(H,28,30). The van der Waals surface area contributed by atoms with Gasteiger partial charge in [0.05, 0.1) is 19.5 Å². The van der Waals surface area contributed by atoms with Crippen molar-refractivity contribution >= 4 is 28.9 Å². The van der Waals surface area contributed by atoms with E-state index < -0.39 is 0 Å². The molecule has 0 amide bonds. The summed E-state index contributed by atoms with van der Waals surface area (Å²) in [6, 6.07) is 6.21. The Labute approximate surface area is 202 Å². The second kappa shape index (κ2) is 11.5. The van der Waals surface area contributed by atoms with Crippen LogP contribution in [0.1, 0.15) is 71.3 Å². The topological polar surface area (TPSA) is 67.4 Å². The number of Topliss-reactive ketones (excluding diaryl/α,β-unsaturated/α-hetero) is 1. The number of rotatable bonds is 12. The van der Waals surface area contributed by atoms with Crippen LogP contribution in [0.15, 0.2) is 42.5 Å². The van der Waals surface area contributed by atoms with E-state index in [0.717, 1.165) is 55.9 Å². The number of anilines is 2. The number of allylic oxidation sites excluding steroid dienone is 1. The molecule has 1 atom stereocenters. The highest BCUT2D eigenvalue weighted by Gasteiger charge is 2.42. The Morgan fingerprint density at radius 1 is 1.24 bits per heavy atom. The Morgan fingerprint density at radius 2 is 2.03 bits per heavy atom. The van der Waals surface area contributed by atoms with Gasteiger partial charge in [-0.2, -0.15) is 0 Å². The predicted octanol–water partition coefficient (Wildman–Crippen LogP) is 6.51. The van der Waals surface area contributed by atoms with Crippen molar-refractivity contribution in [2.24, 2.45) is 0 Å². The highest BCUT2D eigenvalue weighted by molar-refractivity contribution is 6.30. The molecule has 0 saturated carbocycles. The third-order valence-electron chi connectivity index (χ3n) is 6.55. The quantitative estimate of drug-likeness (QED) is 0.356. The van der Waals surface area contributed by atoms with Crippen LogP contribution in [0.3, 0.4) is 0 Å². The summed E-state index contributed by atoms with van der Waals surface area (Å²) in [6.45, 7) is 6.84. The lowest BCUT2D eigenvalue weighted by Crippen LogP contribution is -2.34. The van der Waals surface area contributed by atoms with Crippen LogP contribution >= 0.6 is 11.6 Å². The third kappa shape index (κ3) is 6.05. The van der Waals surface area contributed by atoms with Gasteiger partial charge in [0.1, 0.15) is 17.4 Å². The molecule has 1 aliphatic rings. The van der Waals surface area contributed by atoms with E-state index >= 15 is 0 Å². The van der Waals surface area contributed by atoms with E-state index in [9.17, 15) is 4.79 Å². The number of benzene rings is 1. The molecule has 178 valence electrons. The molecule has 7 heteroatoms. The molecule has 0 aliphatic carbocycles. The van der Waals surface area contributed by atoms with Crippen LogP contribution in [-0.2, 0) is 10.2 Å². The average molecular weight is 471 g/mol. The number of ether oxygens (including phenoxy) is 1. The molecule has 33 heavy (non-hydrogen) atoms. The van der Waals surface area contributed by atoms with Gasteiger partial charge in [-0.05, 0) is 62.9 Å². The van der Waals surface area contributed by atoms with Crippen LogP contribution in [0.5, 0.6) is 5.88 Å². The summed E-state index contributed by atoms with van der Waals surface area (Å²) in [4.78, 5) is 22.2. The smallest absolute Gasteiger partial charge is 0.232 e. The van der Waals surface area contributed by atoms with Gasteiger partial charge in [-0.15, -0.1) is 0 Å². The van der Waals surface area contributed by atoms with Gasteiger partial charge in [0, 0.05) is 29.1 Å². The lowest BCUT2D eigenvalue weighted by Gasteiger charge is -2.31. The molecule has 0 fully saturated rings. The number of carbonyl (C=O) groups excluding carboxylic acids is 1. The Kier molecular flexibility index (Phi) is 8.73. The fourth-order valence-corrected chi connectivity index (χ4v) is 4.82. The van der Waals surface area contributed by atoms with Gasteiger partial charge in [0.25, 0.3) is 0 Å². The molecule has 1 N–H and O–H groups in total. The minimum atomic E-state index is 0.0301. The number of carbonyl (C=O) groups is 1. The maximum absolute atomic E-state index is 11.2. The van der Waals surface area contributed by atoms with Gasteiger partial charge < -0.3 is 19.7 Å². The zero-order chi connectivity index (χ0) is 23.8. The number of fused-ring (bicyclic) bond motifs is 1. The van der Waals surface area contributed by atoms with E-state index in [0.29, 0.717) is 18.1 Å². The SMILES string of the molecule is CC=C(Nc1cnc(OC)cn1)N1CC(CC)(CCCCCCC(C)=O)c2cc(Cl)ccc21. The number of halogens is 1. The number of methoxy groups -OCH3 is 1. The molecule has 1 aliphatic heterocycles. The molecule has 1 unspecified atom stereocenters. The molecular weight excluding hydrogens is 436 g/mol. The number of aromatic nitrogens is 2. The summed E-state index contributed by atoms with van der Waals surface area (Å²) < 4.78 is 5.12. The summed E-state index contributed by atoms with van der Waals surface area (Å²) in [7, 11) is 1.58. The Morgan fingerprint density at radius 3 is 2.67 bits per heavy atom. The van der Waals surface area contributed by atoms with Crippen molar-refractivity contribution in [1.82, 2.24) is 9.97 Å². The molecule has 0 saturated heterocycles. The fourth-order valence-electron chi connectivity index (χ4n) is 4.65. The van der Waals surface area contributed by atoms with E-state index in [1.165, 1.54) is 11.3 Å². The molecule has 0 spiro atoms. The lowest BCUT2D eigenvalue weighted by atomic mass is 9.75. The lowest BCUT2D eigenvalue weighted by molar-refractivity contribution is -0.117. The van der Waals surface area contributed by atoms with Gasteiger partial charge in [-0.3, -0.25) is 0 Å². The van der Waals surface area contributed by atoms with Crippen LogP contribution < -0.4 is 15.0 Å². The zero-order valence-electron chi connectivity index (χ0n) is 20.2. The normalized spacial score (nSPS) is 17.7. The second-order valence-electron chi connectivity index (χ2n) is 8.74. The summed E-state index contributed by atoms with van der Waals surface area (Å²) in [5, 5.41) is 4.20. The van der Waals surface area contributed by atoms with Crippen molar-refractivity contribution in [3.8, 4) is 5.88 Å². The number of nitrogens with one attached hydrogen (secondary N) is 1. The molecular formula is C26H35ClN4O2. The average Bonchev–Trinajstić information content (AvgIpc) is 3.13. The predicted molar refractivity (Wildman–Crippen MR) is 135 cm³/mol. The molecule has 6 nitrogen and oxygen atoms in total. The highest BCUT2D eigenvalue weighted by atomic mass is 35.5. The van der Waals surface area contributed by atoms with Crippen LogP contribution in [0.2, 0.25) is 5.02 Å². The van der Waals surface area contributed by atoms with Crippen LogP contribution in [0.4, 0.5) is 11.5 Å². The van der Waals surface area contributed by atoms with Crippen molar-refractivity contribution in [3.63, 3.8) is 0 Å². The first-order valence-corrected chi connectivity index (χ1v) is 12.2. The maximum Gasteiger partial charge on any atom is 0.232 e. The molecule has 0 radical (unpaired) electrons. The Balaban J connectivity index is 1.78. The number of unbranched alkanes of at least 4 members (excludes halogenated alkanes) is 3. The van der Waals surface area contributed by atoms with Gasteiger partial charge in [-0.25, -0.2) is 9.97 Å². The monoisotopic (exact) mass is 470 g/mol. The van der Waals surface area contributed by atoms with Crippen molar-refractivity contribution in [2.45, 2.75) is 71.1 Å². The Bertz CT molecular complexity index is 977. The number of nitrogens with zero attached hydrogens (tertiary/aromatic N) is 3. The minimum Gasteiger partial charge on any atom is -0.480 e. The van der Waals surface area contributed by atoms with E-state index in [1.807, 2.05) is 13.0 Å². The van der Waals surface area contributed by atoms with Crippen LogP contribution in [-0.4, -0.2) is 29.4 Å². The fraction of sp³-hybridized carbons (Fsp3) is 0.500. The van der Waals surface area contributed by atoms with Gasteiger partial charge >= 0.3 is 0 Å². The maximum atomic E-state index is 11.2. The molecule has 0 bridgehead atoms.